The molecule has 118 valence electrons. The highest BCUT2D eigenvalue weighted by atomic mass is 32.1. The van der Waals surface area contributed by atoms with Crippen LogP contribution in [0.15, 0.2) is 36.0 Å². The Morgan fingerprint density at radius 3 is 3.17 bits per heavy atom. The molecule has 3 aromatic heterocycles. The lowest BCUT2D eigenvalue weighted by atomic mass is 10.2. The van der Waals surface area contributed by atoms with Crippen molar-refractivity contribution in [1.29, 1.82) is 0 Å². The van der Waals surface area contributed by atoms with Crippen molar-refractivity contribution in [2.24, 2.45) is 5.73 Å². The molecule has 1 aliphatic carbocycles. The molecule has 0 aromatic carbocycles. The Morgan fingerprint density at radius 1 is 1.43 bits per heavy atom. The van der Waals surface area contributed by atoms with Gasteiger partial charge in [0, 0.05) is 29.2 Å². The van der Waals surface area contributed by atoms with Crippen molar-refractivity contribution >= 4 is 22.9 Å². The van der Waals surface area contributed by atoms with Crippen LogP contribution in [0.25, 0.3) is 16.9 Å². The number of fused-ring (bicyclic) bond motifs is 1. The maximum atomic E-state index is 12.4. The second kappa shape index (κ2) is 5.75. The molecule has 3 aromatic rings. The van der Waals surface area contributed by atoms with Gasteiger partial charge in [-0.1, -0.05) is 0 Å². The Bertz CT molecular complexity index is 855. The number of amides is 1. The highest BCUT2D eigenvalue weighted by molar-refractivity contribution is 7.12. The molecule has 1 saturated carbocycles. The predicted molar refractivity (Wildman–Crippen MR) is 89.4 cm³/mol. The average Bonchev–Trinajstić information content (AvgIpc) is 3.27. The summed E-state index contributed by atoms with van der Waals surface area (Å²) in [4.78, 5) is 17.4. The second-order valence-electron chi connectivity index (χ2n) is 5.81. The fraction of sp³-hybridized carbons (Fsp3) is 0.312. The molecule has 3 N–H and O–H groups in total. The number of nitrogens with one attached hydrogen (secondary N) is 1. The summed E-state index contributed by atoms with van der Waals surface area (Å²) in [5.41, 5.74) is 8.64. The number of rotatable bonds is 3. The third kappa shape index (κ3) is 2.62. The molecule has 1 fully saturated rings. The lowest BCUT2D eigenvalue weighted by Crippen LogP contribution is -2.43. The van der Waals surface area contributed by atoms with Crippen LogP contribution in [0.4, 0.5) is 0 Å². The largest absolute Gasteiger partial charge is 0.347 e. The topological polar surface area (TPSA) is 85.3 Å². The molecule has 0 saturated heterocycles. The number of carbonyl (C=O) groups is 1. The van der Waals surface area contributed by atoms with Gasteiger partial charge in [0.25, 0.3) is 5.91 Å². The summed E-state index contributed by atoms with van der Waals surface area (Å²) < 4.78 is 1.77. The van der Waals surface area contributed by atoms with Gasteiger partial charge in [0.1, 0.15) is 0 Å². The van der Waals surface area contributed by atoms with Crippen molar-refractivity contribution in [1.82, 2.24) is 19.9 Å². The second-order valence-corrected chi connectivity index (χ2v) is 6.72. The Hall–Kier alpha value is -2.25. The number of imidazole rings is 1. The number of hydrogen-bond donors (Lipinski definition) is 2. The van der Waals surface area contributed by atoms with Gasteiger partial charge in [-0.2, -0.15) is 5.10 Å². The lowest BCUT2D eigenvalue weighted by molar-refractivity contribution is 0.0938. The van der Waals surface area contributed by atoms with Gasteiger partial charge in [-0.15, -0.1) is 11.3 Å². The van der Waals surface area contributed by atoms with E-state index in [0.717, 1.165) is 36.2 Å². The molecular weight excluding hydrogens is 310 g/mol. The van der Waals surface area contributed by atoms with E-state index in [-0.39, 0.29) is 18.0 Å². The Labute approximate surface area is 137 Å². The highest BCUT2D eigenvalue weighted by Gasteiger charge is 2.26. The van der Waals surface area contributed by atoms with Gasteiger partial charge in [0.2, 0.25) is 0 Å². The fourth-order valence-electron chi connectivity index (χ4n) is 3.02. The average molecular weight is 327 g/mol. The molecule has 0 aliphatic heterocycles. The van der Waals surface area contributed by atoms with Crippen LogP contribution in [0.2, 0.25) is 0 Å². The molecule has 4 rings (SSSR count). The third-order valence-corrected chi connectivity index (χ3v) is 5.21. The minimum atomic E-state index is -0.0506. The van der Waals surface area contributed by atoms with Crippen LogP contribution in [0.1, 0.15) is 28.9 Å². The molecule has 0 radical (unpaired) electrons. The van der Waals surface area contributed by atoms with Gasteiger partial charge in [-0.05, 0) is 37.5 Å². The van der Waals surface area contributed by atoms with Crippen LogP contribution in [0.3, 0.4) is 0 Å². The SMILES string of the molecule is NC1CCCC1NC(=O)c1cc(-c2cnc3cccnn23)cs1. The van der Waals surface area contributed by atoms with Gasteiger partial charge < -0.3 is 11.1 Å². The summed E-state index contributed by atoms with van der Waals surface area (Å²) in [6, 6.07) is 5.80. The molecule has 2 atom stereocenters. The van der Waals surface area contributed by atoms with Gasteiger partial charge in [0.05, 0.1) is 16.8 Å². The third-order valence-electron chi connectivity index (χ3n) is 4.28. The molecule has 0 bridgehead atoms. The first-order valence-electron chi connectivity index (χ1n) is 7.66. The minimum absolute atomic E-state index is 0.0506. The molecule has 23 heavy (non-hydrogen) atoms. The molecule has 2 unspecified atom stereocenters. The standard InChI is InChI=1S/C16H17N5OS/c17-11-3-1-4-12(11)20-16(22)14-7-10(9-23-14)13-8-18-15-5-2-6-19-21(13)15/h2,5-9,11-12H,1,3-4,17H2,(H,20,22). The van der Waals surface area contributed by atoms with Crippen LogP contribution < -0.4 is 11.1 Å². The van der Waals surface area contributed by atoms with Crippen LogP contribution in [-0.2, 0) is 0 Å². The van der Waals surface area contributed by atoms with Crippen molar-refractivity contribution in [2.75, 3.05) is 0 Å². The number of hydrogen-bond acceptors (Lipinski definition) is 5. The fourth-order valence-corrected chi connectivity index (χ4v) is 3.83. The van der Waals surface area contributed by atoms with Crippen LogP contribution in [0.5, 0.6) is 0 Å². The molecule has 1 aliphatic rings. The summed E-state index contributed by atoms with van der Waals surface area (Å²) in [5.74, 6) is -0.0506. The summed E-state index contributed by atoms with van der Waals surface area (Å²) in [5, 5.41) is 9.32. The number of aromatic nitrogens is 3. The monoisotopic (exact) mass is 327 g/mol. The highest BCUT2D eigenvalue weighted by Crippen LogP contribution is 2.26. The van der Waals surface area contributed by atoms with Gasteiger partial charge in [-0.3, -0.25) is 4.79 Å². The van der Waals surface area contributed by atoms with Crippen molar-refractivity contribution in [2.45, 2.75) is 31.3 Å². The maximum absolute atomic E-state index is 12.4. The van der Waals surface area contributed by atoms with E-state index in [1.807, 2.05) is 23.6 Å². The number of carbonyl (C=O) groups excluding carboxylic acids is 1. The van der Waals surface area contributed by atoms with Gasteiger partial charge >= 0.3 is 0 Å². The van der Waals surface area contributed by atoms with E-state index in [2.05, 4.69) is 15.4 Å². The van der Waals surface area contributed by atoms with E-state index in [1.54, 1.807) is 16.9 Å². The quantitative estimate of drug-likeness (QED) is 0.771. The van der Waals surface area contributed by atoms with Gasteiger partial charge in [-0.25, -0.2) is 9.50 Å². The first kappa shape index (κ1) is 14.3. The summed E-state index contributed by atoms with van der Waals surface area (Å²) in [6.07, 6.45) is 6.52. The zero-order chi connectivity index (χ0) is 15.8. The first-order chi connectivity index (χ1) is 11.2. The molecule has 6 nitrogen and oxygen atoms in total. The minimum Gasteiger partial charge on any atom is -0.347 e. The van der Waals surface area contributed by atoms with E-state index >= 15 is 0 Å². The van der Waals surface area contributed by atoms with E-state index in [1.165, 1.54) is 11.3 Å². The zero-order valence-corrected chi connectivity index (χ0v) is 13.3. The van der Waals surface area contributed by atoms with E-state index < -0.39 is 0 Å². The van der Waals surface area contributed by atoms with Crippen molar-refractivity contribution < 1.29 is 4.79 Å². The summed E-state index contributed by atoms with van der Waals surface area (Å²) in [6.45, 7) is 0. The normalized spacial score (nSPS) is 20.9. The van der Waals surface area contributed by atoms with Crippen molar-refractivity contribution in [3.63, 3.8) is 0 Å². The number of nitrogens with zero attached hydrogens (tertiary/aromatic N) is 3. The summed E-state index contributed by atoms with van der Waals surface area (Å²) >= 11 is 1.43. The number of thiophene rings is 1. The van der Waals surface area contributed by atoms with Crippen LogP contribution >= 0.6 is 11.3 Å². The molecule has 0 spiro atoms. The molecule has 1 amide bonds. The Balaban J connectivity index is 1.58. The van der Waals surface area contributed by atoms with Crippen LogP contribution in [-0.4, -0.2) is 32.6 Å². The van der Waals surface area contributed by atoms with E-state index in [4.69, 9.17) is 5.73 Å². The lowest BCUT2D eigenvalue weighted by Gasteiger charge is -2.16. The van der Waals surface area contributed by atoms with E-state index in [0.29, 0.717) is 4.88 Å². The predicted octanol–water partition coefficient (Wildman–Crippen LogP) is 2.07. The summed E-state index contributed by atoms with van der Waals surface area (Å²) in [7, 11) is 0. The number of nitrogens with two attached hydrogens (primary N) is 1. The molecule has 7 heteroatoms. The first-order valence-corrected chi connectivity index (χ1v) is 8.54. The van der Waals surface area contributed by atoms with Crippen molar-refractivity contribution in [3.8, 4) is 11.3 Å². The molecular formula is C16H17N5OS. The zero-order valence-electron chi connectivity index (χ0n) is 12.5. The van der Waals surface area contributed by atoms with Gasteiger partial charge in [0.15, 0.2) is 5.65 Å². The smallest absolute Gasteiger partial charge is 0.261 e. The van der Waals surface area contributed by atoms with Crippen LogP contribution in [0, 0.1) is 0 Å². The van der Waals surface area contributed by atoms with E-state index in [9.17, 15) is 4.79 Å². The Morgan fingerprint density at radius 2 is 2.35 bits per heavy atom. The Kier molecular flexibility index (Phi) is 3.59. The van der Waals surface area contributed by atoms with Crippen molar-refractivity contribution in [3.05, 3.63) is 40.8 Å². The maximum Gasteiger partial charge on any atom is 0.261 e. The molecule has 3 heterocycles.